The van der Waals surface area contributed by atoms with Crippen LogP contribution in [0.5, 0.6) is 5.75 Å². The lowest BCUT2D eigenvalue weighted by atomic mass is 10.2. The van der Waals surface area contributed by atoms with E-state index in [9.17, 15) is 8.42 Å². The molecule has 100 valence electrons. The molecule has 0 aliphatic heterocycles. The van der Waals surface area contributed by atoms with Crippen molar-refractivity contribution in [1.29, 1.82) is 0 Å². The van der Waals surface area contributed by atoms with E-state index in [1.165, 1.54) is 0 Å². The normalized spacial score (nSPS) is 15.3. The molecular formula is C12H18N2O3S. The molecule has 0 spiro atoms. The van der Waals surface area contributed by atoms with Gasteiger partial charge in [0.05, 0.1) is 23.7 Å². The molecule has 5 nitrogen and oxygen atoms in total. The van der Waals surface area contributed by atoms with E-state index in [4.69, 9.17) is 4.74 Å². The Bertz CT molecular complexity index is 536. The Morgan fingerprint density at radius 2 is 2.00 bits per heavy atom. The molecule has 0 radical (unpaired) electrons. The maximum Gasteiger partial charge on any atom is 0.229 e. The van der Waals surface area contributed by atoms with E-state index < -0.39 is 10.0 Å². The van der Waals surface area contributed by atoms with Crippen molar-refractivity contribution in [2.45, 2.75) is 18.9 Å². The lowest BCUT2D eigenvalue weighted by molar-refractivity contribution is 0.305. The second-order valence-electron chi connectivity index (χ2n) is 4.74. The van der Waals surface area contributed by atoms with E-state index in [1.807, 2.05) is 31.1 Å². The third-order valence-corrected chi connectivity index (χ3v) is 3.17. The van der Waals surface area contributed by atoms with Gasteiger partial charge in [-0.05, 0) is 25.0 Å². The Morgan fingerprint density at radius 3 is 2.50 bits per heavy atom. The molecule has 0 saturated heterocycles. The molecule has 1 aromatic rings. The zero-order chi connectivity index (χ0) is 13.3. The Labute approximate surface area is 108 Å². The second kappa shape index (κ2) is 4.68. The molecule has 0 aromatic heterocycles. The van der Waals surface area contributed by atoms with Gasteiger partial charge >= 0.3 is 0 Å². The fourth-order valence-electron chi connectivity index (χ4n) is 1.63. The summed E-state index contributed by atoms with van der Waals surface area (Å²) in [5.74, 6) is 0.607. The molecular weight excluding hydrogens is 252 g/mol. The van der Waals surface area contributed by atoms with Crippen LogP contribution >= 0.6 is 0 Å². The van der Waals surface area contributed by atoms with Crippen LogP contribution in [0.1, 0.15) is 12.8 Å². The van der Waals surface area contributed by atoms with Gasteiger partial charge in [0.15, 0.2) is 5.75 Å². The topological polar surface area (TPSA) is 58.6 Å². The zero-order valence-electron chi connectivity index (χ0n) is 10.8. The number of benzene rings is 1. The van der Waals surface area contributed by atoms with Crippen molar-refractivity contribution in [3.8, 4) is 5.75 Å². The lowest BCUT2D eigenvalue weighted by Gasteiger charge is -2.20. The van der Waals surface area contributed by atoms with Crippen molar-refractivity contribution >= 4 is 21.4 Å². The van der Waals surface area contributed by atoms with Gasteiger partial charge in [0.25, 0.3) is 0 Å². The Hall–Kier alpha value is -1.43. The summed E-state index contributed by atoms with van der Waals surface area (Å²) < 4.78 is 31.0. The lowest BCUT2D eigenvalue weighted by Crippen LogP contribution is -2.15. The highest BCUT2D eigenvalue weighted by atomic mass is 32.2. The number of nitrogens with zero attached hydrogens (tertiary/aromatic N) is 1. The van der Waals surface area contributed by atoms with Crippen molar-refractivity contribution in [3.63, 3.8) is 0 Å². The summed E-state index contributed by atoms with van der Waals surface area (Å²) in [6, 6.07) is 5.43. The molecule has 1 fully saturated rings. The maximum atomic E-state index is 11.4. The van der Waals surface area contributed by atoms with E-state index in [0.717, 1.165) is 24.8 Å². The van der Waals surface area contributed by atoms with Crippen molar-refractivity contribution in [2.24, 2.45) is 0 Å². The standard InChI is InChI=1S/C12H18N2O3S/c1-14(2)11-6-4-5-10(13-18(3,15)16)12(11)17-9-7-8-9/h4-6,9,13H,7-8H2,1-3H3. The first-order valence-corrected chi connectivity index (χ1v) is 7.71. The molecule has 1 aromatic carbocycles. The summed E-state index contributed by atoms with van der Waals surface area (Å²) in [6.07, 6.45) is 3.40. The number of para-hydroxylation sites is 1. The quantitative estimate of drug-likeness (QED) is 0.884. The maximum absolute atomic E-state index is 11.4. The highest BCUT2D eigenvalue weighted by Crippen LogP contribution is 2.39. The van der Waals surface area contributed by atoms with Gasteiger partial charge in [-0.3, -0.25) is 4.72 Å². The first kappa shape index (κ1) is 13.0. The number of sulfonamides is 1. The number of anilines is 2. The largest absolute Gasteiger partial charge is 0.486 e. The smallest absolute Gasteiger partial charge is 0.229 e. The number of hydrogen-bond acceptors (Lipinski definition) is 4. The van der Waals surface area contributed by atoms with Crippen LogP contribution in [-0.2, 0) is 10.0 Å². The van der Waals surface area contributed by atoms with Gasteiger partial charge in [-0.25, -0.2) is 8.42 Å². The van der Waals surface area contributed by atoms with Crippen molar-refractivity contribution in [2.75, 3.05) is 30.0 Å². The molecule has 1 aliphatic rings. The van der Waals surface area contributed by atoms with E-state index in [2.05, 4.69) is 4.72 Å². The number of hydrogen-bond donors (Lipinski definition) is 1. The van der Waals surface area contributed by atoms with E-state index in [-0.39, 0.29) is 6.10 Å². The van der Waals surface area contributed by atoms with Gasteiger partial charge in [0.1, 0.15) is 0 Å². The Morgan fingerprint density at radius 1 is 1.33 bits per heavy atom. The first-order valence-electron chi connectivity index (χ1n) is 5.81. The third kappa shape index (κ3) is 3.29. The molecule has 0 heterocycles. The van der Waals surface area contributed by atoms with Crippen LogP contribution in [0, 0.1) is 0 Å². The van der Waals surface area contributed by atoms with Crippen LogP contribution in [0.2, 0.25) is 0 Å². The number of nitrogens with one attached hydrogen (secondary N) is 1. The van der Waals surface area contributed by atoms with Gasteiger partial charge in [0.2, 0.25) is 10.0 Å². The Balaban J connectivity index is 2.39. The van der Waals surface area contributed by atoms with Crippen LogP contribution in [0.4, 0.5) is 11.4 Å². The average molecular weight is 270 g/mol. The molecule has 0 unspecified atom stereocenters. The van der Waals surface area contributed by atoms with Crippen LogP contribution in [0.15, 0.2) is 18.2 Å². The van der Waals surface area contributed by atoms with Crippen molar-refractivity contribution in [3.05, 3.63) is 18.2 Å². The highest BCUT2D eigenvalue weighted by molar-refractivity contribution is 7.92. The minimum Gasteiger partial charge on any atom is -0.486 e. The molecule has 0 amide bonds. The second-order valence-corrected chi connectivity index (χ2v) is 6.49. The molecule has 1 saturated carbocycles. The summed E-state index contributed by atoms with van der Waals surface area (Å²) in [7, 11) is 0.498. The Kier molecular flexibility index (Phi) is 3.38. The predicted octanol–water partition coefficient (Wildman–Crippen LogP) is 1.67. The molecule has 6 heteroatoms. The average Bonchev–Trinajstić information content (AvgIpc) is 3.01. The third-order valence-electron chi connectivity index (χ3n) is 2.58. The number of ether oxygens (including phenoxy) is 1. The fourth-order valence-corrected chi connectivity index (χ4v) is 2.19. The number of rotatable bonds is 5. The molecule has 1 aliphatic carbocycles. The van der Waals surface area contributed by atoms with Crippen LogP contribution in [-0.4, -0.2) is 34.9 Å². The zero-order valence-corrected chi connectivity index (χ0v) is 11.6. The predicted molar refractivity (Wildman–Crippen MR) is 72.9 cm³/mol. The fraction of sp³-hybridized carbons (Fsp3) is 0.500. The van der Waals surface area contributed by atoms with E-state index in [1.54, 1.807) is 6.07 Å². The molecule has 1 N–H and O–H groups in total. The van der Waals surface area contributed by atoms with Crippen molar-refractivity contribution < 1.29 is 13.2 Å². The summed E-state index contributed by atoms with van der Waals surface area (Å²) in [6.45, 7) is 0. The summed E-state index contributed by atoms with van der Waals surface area (Å²) in [5, 5.41) is 0. The van der Waals surface area contributed by atoms with Crippen molar-refractivity contribution in [1.82, 2.24) is 0 Å². The first-order chi connectivity index (χ1) is 8.37. The SMILES string of the molecule is CN(C)c1cccc(NS(C)(=O)=O)c1OC1CC1. The molecule has 0 atom stereocenters. The summed E-state index contributed by atoms with van der Waals surface area (Å²) in [4.78, 5) is 1.91. The van der Waals surface area contributed by atoms with Gasteiger partial charge in [0, 0.05) is 14.1 Å². The van der Waals surface area contributed by atoms with Gasteiger partial charge < -0.3 is 9.64 Å². The van der Waals surface area contributed by atoms with Crippen LogP contribution < -0.4 is 14.4 Å². The van der Waals surface area contributed by atoms with Gasteiger partial charge in [-0.1, -0.05) is 6.07 Å². The molecule has 0 bridgehead atoms. The van der Waals surface area contributed by atoms with Gasteiger partial charge in [-0.2, -0.15) is 0 Å². The summed E-state index contributed by atoms with van der Waals surface area (Å²) >= 11 is 0. The molecule has 2 rings (SSSR count). The van der Waals surface area contributed by atoms with Crippen LogP contribution in [0.3, 0.4) is 0 Å². The van der Waals surface area contributed by atoms with Gasteiger partial charge in [-0.15, -0.1) is 0 Å². The van der Waals surface area contributed by atoms with Crippen LogP contribution in [0.25, 0.3) is 0 Å². The summed E-state index contributed by atoms with van der Waals surface area (Å²) in [5.41, 5.74) is 1.37. The minimum absolute atomic E-state index is 0.214. The van der Waals surface area contributed by atoms with E-state index >= 15 is 0 Å². The molecule has 18 heavy (non-hydrogen) atoms. The van der Waals surface area contributed by atoms with E-state index in [0.29, 0.717) is 11.4 Å². The minimum atomic E-state index is -3.31. The monoisotopic (exact) mass is 270 g/mol. The highest BCUT2D eigenvalue weighted by Gasteiger charge is 2.26.